The number of rotatable bonds is 6. The van der Waals surface area contributed by atoms with E-state index in [0.717, 1.165) is 28.7 Å². The SMILES string of the molecule is CC#Cc1csc2cncc(C(C#N)NC=O)c12.CO[C@H](C)CC(=O)N1C[C@H](C)C(C)(C)C1.NC(=O)C(F)(F)F. The first-order valence-corrected chi connectivity index (χ1v) is 13.0. The zero-order valence-corrected chi connectivity index (χ0v) is 24.1. The van der Waals surface area contributed by atoms with E-state index in [2.05, 4.69) is 48.6 Å². The third kappa shape index (κ3) is 9.81. The highest BCUT2D eigenvalue weighted by Crippen LogP contribution is 2.35. The lowest BCUT2D eigenvalue weighted by Gasteiger charge is -2.22. The summed E-state index contributed by atoms with van der Waals surface area (Å²) >= 11 is 1.52. The molecule has 3 atom stereocenters. The molecule has 0 radical (unpaired) electrons. The van der Waals surface area contributed by atoms with Gasteiger partial charge in [-0.25, -0.2) is 0 Å². The second kappa shape index (κ2) is 15.2. The van der Waals surface area contributed by atoms with E-state index in [1.54, 1.807) is 26.4 Å². The molecule has 9 nitrogen and oxygen atoms in total. The molecule has 0 saturated carbocycles. The second-order valence-corrected chi connectivity index (χ2v) is 10.7. The number of nitrogens with zero attached hydrogens (tertiary/aromatic N) is 3. The van der Waals surface area contributed by atoms with Crippen molar-refractivity contribution in [3.8, 4) is 17.9 Å². The number of alkyl halides is 3. The van der Waals surface area contributed by atoms with Crippen LogP contribution in [0.2, 0.25) is 0 Å². The summed E-state index contributed by atoms with van der Waals surface area (Å²) < 4.78 is 38.2. The van der Waals surface area contributed by atoms with Crippen LogP contribution < -0.4 is 11.1 Å². The number of carbonyl (C=O) groups excluding carboxylic acids is 3. The lowest BCUT2D eigenvalue weighted by molar-refractivity contribution is -0.169. The summed E-state index contributed by atoms with van der Waals surface area (Å²) in [5, 5.41) is 14.4. The summed E-state index contributed by atoms with van der Waals surface area (Å²) in [6, 6.07) is 1.34. The van der Waals surface area contributed by atoms with Gasteiger partial charge < -0.3 is 20.7 Å². The van der Waals surface area contributed by atoms with Crippen molar-refractivity contribution in [2.24, 2.45) is 17.1 Å². The molecular weight excluding hydrogens is 547 g/mol. The minimum atomic E-state index is -4.86. The van der Waals surface area contributed by atoms with E-state index >= 15 is 0 Å². The number of amides is 3. The first kappa shape index (κ1) is 34.3. The summed E-state index contributed by atoms with van der Waals surface area (Å²) in [5.74, 6) is 4.39. The molecule has 0 spiro atoms. The van der Waals surface area contributed by atoms with Gasteiger partial charge in [0.15, 0.2) is 0 Å². The van der Waals surface area contributed by atoms with E-state index in [1.165, 1.54) is 11.3 Å². The largest absolute Gasteiger partial charge is 0.470 e. The van der Waals surface area contributed by atoms with Crippen molar-refractivity contribution in [2.75, 3.05) is 20.2 Å². The predicted molar refractivity (Wildman–Crippen MR) is 146 cm³/mol. The number of hydrogen-bond acceptors (Lipinski definition) is 7. The van der Waals surface area contributed by atoms with Crippen LogP contribution >= 0.6 is 11.3 Å². The van der Waals surface area contributed by atoms with Crippen LogP contribution in [0, 0.1) is 34.5 Å². The molecule has 2 aromatic heterocycles. The van der Waals surface area contributed by atoms with E-state index in [-0.39, 0.29) is 17.4 Å². The molecule has 3 amide bonds. The van der Waals surface area contributed by atoms with Gasteiger partial charge in [-0.05, 0) is 25.2 Å². The van der Waals surface area contributed by atoms with Gasteiger partial charge in [0.2, 0.25) is 12.3 Å². The van der Waals surface area contributed by atoms with Gasteiger partial charge in [-0.3, -0.25) is 19.4 Å². The Hall–Kier alpha value is -3.68. The van der Waals surface area contributed by atoms with Crippen molar-refractivity contribution in [3.63, 3.8) is 0 Å². The molecule has 3 N–H and O–H groups in total. The number of nitrogens with two attached hydrogens (primary N) is 1. The van der Waals surface area contributed by atoms with Crippen LogP contribution in [0.25, 0.3) is 10.1 Å². The summed E-state index contributed by atoms with van der Waals surface area (Å²) in [5.41, 5.74) is 5.61. The van der Waals surface area contributed by atoms with Crippen LogP contribution in [0.1, 0.15) is 58.2 Å². The van der Waals surface area contributed by atoms with Crippen LogP contribution in [0.5, 0.6) is 0 Å². The number of primary amides is 1. The van der Waals surface area contributed by atoms with Gasteiger partial charge in [0.05, 0.1) is 23.3 Å². The Labute approximate surface area is 235 Å². The Morgan fingerprint density at radius 2 is 2.02 bits per heavy atom. The third-order valence-electron chi connectivity index (χ3n) is 6.37. The van der Waals surface area contributed by atoms with Crippen molar-refractivity contribution in [2.45, 2.75) is 59.4 Å². The predicted octanol–water partition coefficient (Wildman–Crippen LogP) is 3.93. The van der Waals surface area contributed by atoms with E-state index in [4.69, 9.17) is 14.8 Å². The average molecular weight is 582 g/mol. The maximum atomic E-state index is 11.9. The topological polar surface area (TPSA) is 138 Å². The van der Waals surface area contributed by atoms with Crippen molar-refractivity contribution < 1.29 is 32.3 Å². The average Bonchev–Trinajstić information content (AvgIpc) is 3.42. The molecule has 3 rings (SSSR count). The number of carbonyl (C=O) groups is 3. The van der Waals surface area contributed by atoms with Gasteiger partial charge in [-0.2, -0.15) is 18.4 Å². The molecule has 1 unspecified atom stereocenters. The molecule has 1 aliphatic heterocycles. The Morgan fingerprint density at radius 1 is 1.40 bits per heavy atom. The van der Waals surface area contributed by atoms with Crippen molar-refractivity contribution >= 4 is 39.6 Å². The lowest BCUT2D eigenvalue weighted by Crippen LogP contribution is -2.32. The number of likely N-dealkylation sites (tertiary alicyclic amines) is 1. The normalized spacial score (nSPS) is 17.0. The van der Waals surface area contributed by atoms with Crippen LogP contribution in [0.4, 0.5) is 13.2 Å². The van der Waals surface area contributed by atoms with E-state index in [0.29, 0.717) is 24.3 Å². The smallest absolute Gasteiger partial charge is 0.381 e. The third-order valence-corrected chi connectivity index (χ3v) is 7.29. The summed E-state index contributed by atoms with van der Waals surface area (Å²) in [4.78, 5) is 37.6. The standard InChI is InChI=1S/C13H9N3OS.C12H23NO2.C2H2F3NO/c1-2-3-9-7-18-12-6-15-5-10(13(9)12)11(4-14)16-8-17;1-9-7-13(8-12(9,3)4)11(14)6-10(2)15-5;3-2(4,5)1(6)7/h5-8,11H,1H3,(H,16,17);9-10H,6-8H2,1-5H3;(H2,6,7)/t;9-,10+;/m.0./s1. The molecule has 13 heteroatoms. The molecule has 0 bridgehead atoms. The van der Waals surface area contributed by atoms with Crippen LogP contribution in [-0.4, -0.2) is 60.6 Å². The molecule has 0 aromatic carbocycles. The maximum absolute atomic E-state index is 11.9. The number of methoxy groups -OCH3 is 1. The van der Waals surface area contributed by atoms with Gasteiger partial charge in [0.1, 0.15) is 6.04 Å². The van der Waals surface area contributed by atoms with Crippen molar-refractivity contribution in [1.82, 2.24) is 15.2 Å². The summed E-state index contributed by atoms with van der Waals surface area (Å²) in [6.45, 7) is 12.1. The Bertz CT molecular complexity index is 1280. The molecule has 0 aliphatic carbocycles. The van der Waals surface area contributed by atoms with E-state index < -0.39 is 18.1 Å². The number of nitrogens with one attached hydrogen (secondary N) is 1. The number of pyridine rings is 1. The quantitative estimate of drug-likeness (QED) is 0.392. The fourth-order valence-corrected chi connectivity index (χ4v) is 4.55. The van der Waals surface area contributed by atoms with Crippen LogP contribution in [0.15, 0.2) is 17.8 Å². The minimum Gasteiger partial charge on any atom is -0.381 e. The highest BCUT2D eigenvalue weighted by atomic mass is 32.1. The Balaban J connectivity index is 0.000000329. The number of nitriles is 1. The molecule has 218 valence electrons. The Kier molecular flexibility index (Phi) is 13.1. The van der Waals surface area contributed by atoms with Gasteiger partial charge in [-0.1, -0.05) is 26.7 Å². The molecule has 3 heterocycles. The number of hydrogen-bond donors (Lipinski definition) is 2. The fraction of sp³-hybridized carbons (Fsp3) is 0.519. The van der Waals surface area contributed by atoms with Crippen LogP contribution in [0.3, 0.4) is 0 Å². The Morgan fingerprint density at radius 3 is 2.48 bits per heavy atom. The minimum absolute atomic E-state index is 0.0246. The van der Waals surface area contributed by atoms with Crippen molar-refractivity contribution in [3.05, 3.63) is 28.9 Å². The zero-order chi connectivity index (χ0) is 30.7. The van der Waals surface area contributed by atoms with Gasteiger partial charge in [-0.15, -0.1) is 17.3 Å². The molecular formula is C27H34F3N5O4S. The molecule has 1 saturated heterocycles. The van der Waals surface area contributed by atoms with Crippen molar-refractivity contribution in [1.29, 1.82) is 5.26 Å². The fourth-order valence-electron chi connectivity index (χ4n) is 3.66. The van der Waals surface area contributed by atoms with E-state index in [9.17, 15) is 22.8 Å². The number of thiophene rings is 1. The highest BCUT2D eigenvalue weighted by molar-refractivity contribution is 7.17. The first-order valence-electron chi connectivity index (χ1n) is 12.2. The lowest BCUT2D eigenvalue weighted by atomic mass is 9.84. The van der Waals surface area contributed by atoms with Gasteiger partial charge >= 0.3 is 12.1 Å². The van der Waals surface area contributed by atoms with Gasteiger partial charge in [0, 0.05) is 54.5 Å². The van der Waals surface area contributed by atoms with Gasteiger partial charge in [0.25, 0.3) is 0 Å². The number of ether oxygens (including phenoxy) is 1. The maximum Gasteiger partial charge on any atom is 0.470 e. The van der Waals surface area contributed by atoms with E-state index in [1.807, 2.05) is 23.3 Å². The molecule has 2 aromatic rings. The first-order chi connectivity index (χ1) is 18.6. The molecule has 1 fully saturated rings. The molecule has 40 heavy (non-hydrogen) atoms. The number of aromatic nitrogens is 1. The molecule has 1 aliphatic rings. The summed E-state index contributed by atoms with van der Waals surface area (Å²) in [6.07, 6.45) is -0.486. The second-order valence-electron chi connectivity index (χ2n) is 9.75. The monoisotopic (exact) mass is 581 g/mol. The number of fused-ring (bicyclic) bond motifs is 1. The number of halogens is 3. The highest BCUT2D eigenvalue weighted by Gasteiger charge is 2.38. The van der Waals surface area contributed by atoms with Crippen LogP contribution in [-0.2, 0) is 19.1 Å². The zero-order valence-electron chi connectivity index (χ0n) is 23.3. The summed E-state index contributed by atoms with van der Waals surface area (Å²) in [7, 11) is 1.65.